The molecule has 0 aliphatic heterocycles. The van der Waals surface area contributed by atoms with Crippen LogP contribution in [0.5, 0.6) is 0 Å². The zero-order chi connectivity index (χ0) is 25.5. The molecule has 1 atom stereocenters. The second kappa shape index (κ2) is 12.0. The lowest BCUT2D eigenvalue weighted by atomic mass is 9.98. The summed E-state index contributed by atoms with van der Waals surface area (Å²) in [4.78, 5) is 40.2. The Morgan fingerprint density at radius 3 is 2.31 bits per heavy atom. The molecule has 186 valence electrons. The van der Waals surface area contributed by atoms with E-state index in [9.17, 15) is 19.5 Å². The first-order chi connectivity index (χ1) is 17.4. The molecule has 0 fully saturated rings. The van der Waals surface area contributed by atoms with Crippen molar-refractivity contribution in [3.8, 4) is 11.1 Å². The van der Waals surface area contributed by atoms with E-state index in [2.05, 4.69) is 31.5 Å². The van der Waals surface area contributed by atoms with E-state index in [1.807, 2.05) is 48.5 Å². The summed E-state index contributed by atoms with van der Waals surface area (Å²) in [6.45, 7) is 0.102. The van der Waals surface area contributed by atoms with E-state index in [1.165, 1.54) is 11.8 Å². The van der Waals surface area contributed by atoms with Crippen molar-refractivity contribution in [3.05, 3.63) is 82.5 Å². The van der Waals surface area contributed by atoms with Crippen LogP contribution in [0.1, 0.15) is 23.5 Å². The highest BCUT2D eigenvalue weighted by molar-refractivity contribution is 9.10. The molecule has 8 nitrogen and oxygen atoms in total. The van der Waals surface area contributed by atoms with Crippen LogP contribution in [0.15, 0.2) is 71.3 Å². The first-order valence-electron chi connectivity index (χ1n) is 11.3. The minimum absolute atomic E-state index is 0.102. The Balaban J connectivity index is 1.23. The summed E-state index contributed by atoms with van der Waals surface area (Å²) >= 11 is 4.55. The highest BCUT2D eigenvalue weighted by atomic mass is 79.9. The number of aliphatic carboxylic acids is 1. The van der Waals surface area contributed by atoms with Crippen molar-refractivity contribution in [2.24, 2.45) is 0 Å². The van der Waals surface area contributed by atoms with E-state index in [0.29, 0.717) is 11.6 Å². The number of carbonyl (C=O) groups is 3. The number of anilines is 1. The molecule has 0 saturated heterocycles. The van der Waals surface area contributed by atoms with Crippen LogP contribution in [0.2, 0.25) is 0 Å². The third kappa shape index (κ3) is 6.44. The van der Waals surface area contributed by atoms with Gasteiger partial charge in [0.2, 0.25) is 5.91 Å². The van der Waals surface area contributed by atoms with Gasteiger partial charge < -0.3 is 20.5 Å². The predicted molar refractivity (Wildman–Crippen MR) is 142 cm³/mol. The van der Waals surface area contributed by atoms with Crippen molar-refractivity contribution in [1.29, 1.82) is 0 Å². The first kappa shape index (κ1) is 25.7. The summed E-state index contributed by atoms with van der Waals surface area (Å²) in [6.07, 6.45) is 0.941. The van der Waals surface area contributed by atoms with Crippen LogP contribution >= 0.6 is 27.7 Å². The average molecular weight is 570 g/mol. The molecular weight excluding hydrogens is 546 g/mol. The minimum atomic E-state index is -1.16. The Hall–Kier alpha value is -3.37. The zero-order valence-electron chi connectivity index (χ0n) is 19.1. The van der Waals surface area contributed by atoms with Crippen LogP contribution < -0.4 is 10.6 Å². The number of fused-ring (bicyclic) bond motifs is 3. The monoisotopic (exact) mass is 569 g/mol. The molecule has 2 aromatic carbocycles. The lowest BCUT2D eigenvalue weighted by molar-refractivity contribution is -0.139. The molecule has 1 heterocycles. The summed E-state index contributed by atoms with van der Waals surface area (Å²) in [7, 11) is 0. The number of thioether (sulfide) groups is 1. The van der Waals surface area contributed by atoms with E-state index < -0.39 is 18.1 Å². The molecule has 2 amide bonds. The molecule has 36 heavy (non-hydrogen) atoms. The summed E-state index contributed by atoms with van der Waals surface area (Å²) in [5.41, 5.74) is 4.38. The number of nitrogens with zero attached hydrogens (tertiary/aromatic N) is 1. The maximum atomic E-state index is 12.4. The van der Waals surface area contributed by atoms with Crippen molar-refractivity contribution in [3.63, 3.8) is 0 Å². The number of amides is 2. The topological polar surface area (TPSA) is 118 Å². The second-order valence-electron chi connectivity index (χ2n) is 8.11. The molecule has 1 aromatic heterocycles. The van der Waals surface area contributed by atoms with Gasteiger partial charge in [0, 0.05) is 16.6 Å². The maximum absolute atomic E-state index is 12.4. The highest BCUT2D eigenvalue weighted by Crippen LogP contribution is 2.44. The number of nitrogens with one attached hydrogen (secondary N) is 2. The molecule has 10 heteroatoms. The van der Waals surface area contributed by atoms with E-state index >= 15 is 0 Å². The lowest BCUT2D eigenvalue weighted by Gasteiger charge is -2.17. The molecule has 3 aromatic rings. The smallest absolute Gasteiger partial charge is 0.407 e. The molecule has 0 radical (unpaired) electrons. The van der Waals surface area contributed by atoms with E-state index in [0.717, 1.165) is 26.7 Å². The highest BCUT2D eigenvalue weighted by Gasteiger charge is 2.29. The Morgan fingerprint density at radius 1 is 1.03 bits per heavy atom. The van der Waals surface area contributed by atoms with Crippen molar-refractivity contribution in [2.75, 3.05) is 23.4 Å². The van der Waals surface area contributed by atoms with Crippen LogP contribution in [0.25, 0.3) is 11.1 Å². The van der Waals surface area contributed by atoms with Crippen molar-refractivity contribution in [2.45, 2.75) is 18.4 Å². The van der Waals surface area contributed by atoms with Gasteiger partial charge in [0.05, 0.1) is 5.75 Å². The van der Waals surface area contributed by atoms with Gasteiger partial charge in [-0.3, -0.25) is 4.79 Å². The Labute approximate surface area is 221 Å². The number of carboxylic acids is 1. The molecule has 0 spiro atoms. The van der Waals surface area contributed by atoms with Crippen LogP contribution in [-0.4, -0.2) is 52.2 Å². The largest absolute Gasteiger partial charge is 0.480 e. The summed E-state index contributed by atoms with van der Waals surface area (Å²) in [5, 5.41) is 14.6. The molecule has 1 aliphatic rings. The molecule has 1 unspecified atom stereocenters. The number of benzene rings is 2. The van der Waals surface area contributed by atoms with Gasteiger partial charge in [0.15, 0.2) is 0 Å². The number of halogens is 1. The number of hydrogen-bond donors (Lipinski definition) is 3. The van der Waals surface area contributed by atoms with Gasteiger partial charge >= 0.3 is 12.1 Å². The van der Waals surface area contributed by atoms with Crippen molar-refractivity contribution < 1.29 is 24.2 Å². The van der Waals surface area contributed by atoms with Gasteiger partial charge in [0.1, 0.15) is 18.5 Å². The number of alkyl carbamates (subject to hydrolysis) is 1. The number of rotatable bonds is 10. The van der Waals surface area contributed by atoms with Crippen LogP contribution in [0.3, 0.4) is 0 Å². The first-order valence-corrected chi connectivity index (χ1v) is 13.2. The standard InChI is InChI=1S/C26H24BrN3O5S/c27-16-9-10-23(28-13-16)30-24(31)15-36-12-11-22(25(32)33)29-26(34)35-14-21-19-7-3-1-5-17(19)18-6-2-4-8-20(18)21/h1-10,13,21-22H,11-12,14-15H2,(H,29,34)(H,32,33)(H,28,30,31). The fourth-order valence-electron chi connectivity index (χ4n) is 4.03. The van der Waals surface area contributed by atoms with Gasteiger partial charge in [-0.05, 0) is 62.5 Å². The van der Waals surface area contributed by atoms with Gasteiger partial charge in [-0.25, -0.2) is 14.6 Å². The summed E-state index contributed by atoms with van der Waals surface area (Å²) in [5.74, 6) is -0.583. The zero-order valence-corrected chi connectivity index (χ0v) is 21.6. The van der Waals surface area contributed by atoms with E-state index in [4.69, 9.17) is 4.74 Å². The fourth-order valence-corrected chi connectivity index (χ4v) is 5.07. The average Bonchev–Trinajstić information content (AvgIpc) is 3.19. The SMILES string of the molecule is O=C(CSCCC(NC(=O)OCC1c2ccccc2-c2ccccc21)C(=O)O)Nc1ccc(Br)cn1. The summed E-state index contributed by atoms with van der Waals surface area (Å²) in [6, 6.07) is 18.3. The number of pyridine rings is 1. The molecule has 3 N–H and O–H groups in total. The molecule has 4 rings (SSSR count). The lowest BCUT2D eigenvalue weighted by Crippen LogP contribution is -2.41. The van der Waals surface area contributed by atoms with Gasteiger partial charge in [-0.2, -0.15) is 11.8 Å². The van der Waals surface area contributed by atoms with Crippen molar-refractivity contribution >= 4 is 51.5 Å². The van der Waals surface area contributed by atoms with Gasteiger partial charge in [-0.1, -0.05) is 48.5 Å². The molecule has 0 bridgehead atoms. The number of carboxylic acid groups (broad SMARTS) is 1. The number of carbonyl (C=O) groups excluding carboxylic acids is 2. The van der Waals surface area contributed by atoms with Gasteiger partial charge in [-0.15, -0.1) is 0 Å². The number of aromatic nitrogens is 1. The van der Waals surface area contributed by atoms with E-state index in [-0.39, 0.29) is 30.6 Å². The predicted octanol–water partition coefficient (Wildman–Crippen LogP) is 4.90. The minimum Gasteiger partial charge on any atom is -0.480 e. The Bertz CT molecular complexity index is 1210. The number of hydrogen-bond acceptors (Lipinski definition) is 6. The third-order valence-electron chi connectivity index (χ3n) is 5.71. The van der Waals surface area contributed by atoms with Crippen LogP contribution in [-0.2, 0) is 14.3 Å². The van der Waals surface area contributed by atoms with E-state index in [1.54, 1.807) is 18.3 Å². The quantitative estimate of drug-likeness (QED) is 0.297. The van der Waals surface area contributed by atoms with Crippen LogP contribution in [0.4, 0.5) is 10.6 Å². The fraction of sp³-hybridized carbons (Fsp3) is 0.231. The molecule has 0 saturated carbocycles. The number of ether oxygens (including phenoxy) is 1. The normalized spacial score (nSPS) is 12.8. The Kier molecular flexibility index (Phi) is 8.61. The van der Waals surface area contributed by atoms with Crippen molar-refractivity contribution in [1.82, 2.24) is 10.3 Å². The van der Waals surface area contributed by atoms with Crippen LogP contribution in [0, 0.1) is 0 Å². The maximum Gasteiger partial charge on any atom is 0.407 e. The second-order valence-corrected chi connectivity index (χ2v) is 10.1. The molecule has 1 aliphatic carbocycles. The third-order valence-corrected chi connectivity index (χ3v) is 7.17. The molecular formula is C26H24BrN3O5S. The van der Waals surface area contributed by atoms with Gasteiger partial charge in [0.25, 0.3) is 0 Å². The summed E-state index contributed by atoms with van der Waals surface area (Å²) < 4.78 is 6.25. The Morgan fingerprint density at radius 2 is 1.69 bits per heavy atom.